The molecule has 0 aromatic carbocycles. The molecule has 7 nitrogen and oxygen atoms in total. The van der Waals surface area contributed by atoms with E-state index < -0.39 is 29.7 Å². The first-order valence-electron chi connectivity index (χ1n) is 10.6. The van der Waals surface area contributed by atoms with E-state index in [-0.39, 0.29) is 26.2 Å². The number of esters is 3. The van der Waals surface area contributed by atoms with E-state index in [1.54, 1.807) is 6.92 Å². The lowest BCUT2D eigenvalue weighted by atomic mass is 9.91. The molecular formula is C21H38O7. The van der Waals surface area contributed by atoms with Crippen LogP contribution in [0.1, 0.15) is 78.6 Å². The van der Waals surface area contributed by atoms with Crippen LogP contribution in [-0.2, 0) is 28.6 Å². The van der Waals surface area contributed by atoms with Gasteiger partial charge in [-0.15, -0.1) is 0 Å². The normalized spacial score (nSPS) is 12.9. The number of ether oxygens (including phenoxy) is 3. The summed E-state index contributed by atoms with van der Waals surface area (Å²) in [6.45, 7) is 5.88. The van der Waals surface area contributed by atoms with Gasteiger partial charge in [-0.1, -0.05) is 59.3 Å². The molecule has 0 saturated carbocycles. The van der Waals surface area contributed by atoms with Gasteiger partial charge in [-0.05, 0) is 12.8 Å². The number of carbonyl (C=O) groups excluding carboxylic acids is 3. The van der Waals surface area contributed by atoms with Gasteiger partial charge < -0.3 is 19.3 Å². The van der Waals surface area contributed by atoms with Crippen LogP contribution in [0.25, 0.3) is 0 Å². The molecule has 7 heteroatoms. The van der Waals surface area contributed by atoms with Crippen molar-refractivity contribution < 1.29 is 33.7 Å². The number of aliphatic hydroxyl groups excluding tert-OH is 1. The number of aliphatic hydroxyl groups is 1. The van der Waals surface area contributed by atoms with Crippen molar-refractivity contribution in [3.05, 3.63) is 0 Å². The first kappa shape index (κ1) is 26.4. The molecule has 28 heavy (non-hydrogen) atoms. The van der Waals surface area contributed by atoms with Crippen molar-refractivity contribution >= 4 is 17.9 Å². The van der Waals surface area contributed by atoms with Gasteiger partial charge >= 0.3 is 17.9 Å². The van der Waals surface area contributed by atoms with E-state index in [9.17, 15) is 14.4 Å². The monoisotopic (exact) mass is 402 g/mol. The number of rotatable bonds is 17. The zero-order valence-corrected chi connectivity index (χ0v) is 17.7. The molecule has 0 rings (SSSR count). The standard InChI is InChI=1S/C21H38O7/c1-4-6-8-10-13-27-20(24)17(3)18(16-19(23)26-15-12-22)21(25)28-14-11-9-7-5-2/h17-18,22H,4-16H2,1-3H3. The lowest BCUT2D eigenvalue weighted by Gasteiger charge is -2.21. The van der Waals surface area contributed by atoms with Crippen molar-refractivity contribution in [1.29, 1.82) is 0 Å². The van der Waals surface area contributed by atoms with Crippen LogP contribution in [0, 0.1) is 11.8 Å². The van der Waals surface area contributed by atoms with Crippen LogP contribution in [0.15, 0.2) is 0 Å². The summed E-state index contributed by atoms with van der Waals surface area (Å²) in [5, 5.41) is 8.76. The number of carbonyl (C=O) groups is 3. The van der Waals surface area contributed by atoms with Gasteiger partial charge in [-0.3, -0.25) is 14.4 Å². The van der Waals surface area contributed by atoms with Gasteiger partial charge in [0, 0.05) is 0 Å². The molecule has 0 bridgehead atoms. The summed E-state index contributed by atoms with van der Waals surface area (Å²) in [6.07, 6.45) is 7.50. The molecule has 0 heterocycles. The molecular weight excluding hydrogens is 364 g/mol. The Morgan fingerprint density at radius 2 is 1.29 bits per heavy atom. The van der Waals surface area contributed by atoms with Crippen molar-refractivity contribution in [3.63, 3.8) is 0 Å². The molecule has 0 saturated heterocycles. The van der Waals surface area contributed by atoms with Crippen molar-refractivity contribution in [2.24, 2.45) is 11.8 Å². The lowest BCUT2D eigenvalue weighted by Crippen LogP contribution is -2.33. The van der Waals surface area contributed by atoms with E-state index >= 15 is 0 Å². The highest BCUT2D eigenvalue weighted by atomic mass is 16.5. The van der Waals surface area contributed by atoms with E-state index in [1.165, 1.54) is 0 Å². The molecule has 0 aromatic heterocycles. The van der Waals surface area contributed by atoms with Gasteiger partial charge in [0.25, 0.3) is 0 Å². The van der Waals surface area contributed by atoms with Crippen molar-refractivity contribution in [1.82, 2.24) is 0 Å². The Morgan fingerprint density at radius 3 is 1.79 bits per heavy atom. The predicted molar refractivity (Wildman–Crippen MR) is 106 cm³/mol. The van der Waals surface area contributed by atoms with Gasteiger partial charge in [0.05, 0.1) is 38.1 Å². The minimum atomic E-state index is -0.958. The summed E-state index contributed by atoms with van der Waals surface area (Å²) in [5.41, 5.74) is 0. The Kier molecular flexibility index (Phi) is 16.5. The first-order chi connectivity index (χ1) is 13.5. The van der Waals surface area contributed by atoms with Crippen molar-refractivity contribution in [2.75, 3.05) is 26.4 Å². The quantitative estimate of drug-likeness (QED) is 0.226. The Hall–Kier alpha value is -1.63. The molecule has 164 valence electrons. The summed E-state index contributed by atoms with van der Waals surface area (Å²) in [5.74, 6) is -3.52. The number of unbranched alkanes of at least 4 members (excludes halogenated alkanes) is 6. The van der Waals surface area contributed by atoms with Gasteiger partial charge in [-0.25, -0.2) is 0 Å². The largest absolute Gasteiger partial charge is 0.465 e. The number of hydrogen-bond donors (Lipinski definition) is 1. The minimum absolute atomic E-state index is 0.145. The Bertz CT molecular complexity index is 436. The van der Waals surface area contributed by atoms with E-state index in [1.807, 2.05) is 0 Å². The molecule has 2 atom stereocenters. The van der Waals surface area contributed by atoms with E-state index in [2.05, 4.69) is 13.8 Å². The minimum Gasteiger partial charge on any atom is -0.465 e. The molecule has 2 unspecified atom stereocenters. The summed E-state index contributed by atoms with van der Waals surface area (Å²) < 4.78 is 15.4. The molecule has 0 amide bonds. The summed E-state index contributed by atoms with van der Waals surface area (Å²) in [4.78, 5) is 36.7. The Balaban J connectivity index is 4.68. The van der Waals surface area contributed by atoms with Crippen LogP contribution >= 0.6 is 0 Å². The molecule has 0 aliphatic heterocycles. The smallest absolute Gasteiger partial charge is 0.310 e. The maximum Gasteiger partial charge on any atom is 0.310 e. The summed E-state index contributed by atoms with van der Waals surface area (Å²) in [6, 6.07) is 0. The highest BCUT2D eigenvalue weighted by Gasteiger charge is 2.35. The fourth-order valence-corrected chi connectivity index (χ4v) is 2.67. The second-order valence-corrected chi connectivity index (χ2v) is 7.00. The average molecular weight is 403 g/mol. The first-order valence-corrected chi connectivity index (χ1v) is 10.6. The third kappa shape index (κ3) is 12.7. The van der Waals surface area contributed by atoms with Gasteiger partial charge in [0.15, 0.2) is 0 Å². The fraction of sp³-hybridized carbons (Fsp3) is 0.857. The second kappa shape index (κ2) is 17.5. The molecule has 0 radical (unpaired) electrons. The van der Waals surface area contributed by atoms with Crippen LogP contribution in [0.4, 0.5) is 0 Å². The molecule has 1 N–H and O–H groups in total. The van der Waals surface area contributed by atoms with Crippen LogP contribution in [0.5, 0.6) is 0 Å². The SMILES string of the molecule is CCCCCCOC(=O)C(C)C(CC(=O)OCCO)C(=O)OCCCCCC. The average Bonchev–Trinajstić information content (AvgIpc) is 2.69. The van der Waals surface area contributed by atoms with Gasteiger partial charge in [0.2, 0.25) is 0 Å². The molecule has 0 fully saturated rings. The van der Waals surface area contributed by atoms with Crippen LogP contribution in [0.3, 0.4) is 0 Å². The van der Waals surface area contributed by atoms with E-state index in [0.29, 0.717) is 6.61 Å². The maximum atomic E-state index is 12.5. The molecule has 0 aliphatic carbocycles. The zero-order chi connectivity index (χ0) is 21.2. The highest BCUT2D eigenvalue weighted by Crippen LogP contribution is 2.21. The van der Waals surface area contributed by atoms with Crippen molar-refractivity contribution in [3.8, 4) is 0 Å². The van der Waals surface area contributed by atoms with Crippen LogP contribution in [-0.4, -0.2) is 49.4 Å². The summed E-state index contributed by atoms with van der Waals surface area (Å²) in [7, 11) is 0. The summed E-state index contributed by atoms with van der Waals surface area (Å²) >= 11 is 0. The fourth-order valence-electron chi connectivity index (χ4n) is 2.67. The van der Waals surface area contributed by atoms with E-state index in [0.717, 1.165) is 51.4 Å². The predicted octanol–water partition coefficient (Wildman–Crippen LogP) is 3.41. The molecule has 0 spiro atoms. The molecule has 0 aromatic rings. The van der Waals surface area contributed by atoms with Gasteiger partial charge in [-0.2, -0.15) is 0 Å². The van der Waals surface area contributed by atoms with Crippen LogP contribution in [0.2, 0.25) is 0 Å². The third-order valence-corrected chi connectivity index (χ3v) is 4.50. The Labute approximate surface area is 169 Å². The third-order valence-electron chi connectivity index (χ3n) is 4.50. The van der Waals surface area contributed by atoms with E-state index in [4.69, 9.17) is 19.3 Å². The van der Waals surface area contributed by atoms with Crippen molar-refractivity contribution in [2.45, 2.75) is 78.6 Å². The lowest BCUT2D eigenvalue weighted by molar-refractivity contribution is -0.164. The zero-order valence-electron chi connectivity index (χ0n) is 17.7. The highest BCUT2D eigenvalue weighted by molar-refractivity contribution is 5.85. The van der Waals surface area contributed by atoms with Gasteiger partial charge in [0.1, 0.15) is 6.61 Å². The van der Waals surface area contributed by atoms with Crippen LogP contribution < -0.4 is 0 Å². The molecule has 0 aliphatic rings. The Morgan fingerprint density at radius 1 is 0.750 bits per heavy atom. The maximum absolute atomic E-state index is 12.5. The number of hydrogen-bond acceptors (Lipinski definition) is 7. The second-order valence-electron chi connectivity index (χ2n) is 7.00. The topological polar surface area (TPSA) is 99.1 Å².